The molecule has 0 fully saturated rings. The molecule has 12 heavy (non-hydrogen) atoms. The summed E-state index contributed by atoms with van der Waals surface area (Å²) in [5.41, 5.74) is 0.560. The molecule has 0 aliphatic carbocycles. The summed E-state index contributed by atoms with van der Waals surface area (Å²) in [4.78, 5) is 4.33. The molecule has 4 heteroatoms. The molecule has 1 aromatic carbocycles. The van der Waals surface area contributed by atoms with Crippen LogP contribution in [-0.2, 0) is 11.3 Å². The first kappa shape index (κ1) is 9.45. The lowest BCUT2D eigenvalue weighted by atomic mass is 10.1. The number of hydrogen-bond donors (Lipinski definition) is 1. The largest absolute Gasteiger partial charge is 0.304 e. The SMILES string of the molecule is NOCCc1ccc(Cl)cc1F. The number of halogens is 2. The Morgan fingerprint density at radius 1 is 1.50 bits per heavy atom. The standard InChI is InChI=1S/C8H9ClFNO/c9-7-2-1-6(3-4-12-11)8(10)5-7/h1-2,5H,3-4,11H2. The van der Waals surface area contributed by atoms with Crippen molar-refractivity contribution in [1.29, 1.82) is 0 Å². The van der Waals surface area contributed by atoms with Crippen LogP contribution in [-0.4, -0.2) is 6.61 Å². The van der Waals surface area contributed by atoms with Gasteiger partial charge in [-0.1, -0.05) is 17.7 Å². The number of rotatable bonds is 3. The molecular weight excluding hydrogens is 181 g/mol. The monoisotopic (exact) mass is 189 g/mol. The van der Waals surface area contributed by atoms with Gasteiger partial charge in [0.05, 0.1) is 6.61 Å². The van der Waals surface area contributed by atoms with E-state index in [0.29, 0.717) is 23.6 Å². The molecular formula is C8H9ClFNO. The van der Waals surface area contributed by atoms with Crippen molar-refractivity contribution in [1.82, 2.24) is 0 Å². The highest BCUT2D eigenvalue weighted by Gasteiger charge is 2.01. The smallest absolute Gasteiger partial charge is 0.127 e. The maximum absolute atomic E-state index is 13.0. The third-order valence-corrected chi connectivity index (χ3v) is 1.74. The second-order valence-electron chi connectivity index (χ2n) is 2.36. The van der Waals surface area contributed by atoms with E-state index in [1.807, 2.05) is 0 Å². The zero-order chi connectivity index (χ0) is 8.97. The van der Waals surface area contributed by atoms with Gasteiger partial charge < -0.3 is 4.84 Å². The van der Waals surface area contributed by atoms with Gasteiger partial charge in [-0.15, -0.1) is 0 Å². The van der Waals surface area contributed by atoms with E-state index in [4.69, 9.17) is 17.5 Å². The highest BCUT2D eigenvalue weighted by atomic mass is 35.5. The Hall–Kier alpha value is -0.640. The van der Waals surface area contributed by atoms with Crippen LogP contribution in [0, 0.1) is 5.82 Å². The Balaban J connectivity index is 2.72. The van der Waals surface area contributed by atoms with Gasteiger partial charge in [-0.25, -0.2) is 10.3 Å². The zero-order valence-corrected chi connectivity index (χ0v) is 7.14. The molecule has 1 rings (SSSR count). The van der Waals surface area contributed by atoms with Gasteiger partial charge in [-0.3, -0.25) is 0 Å². The van der Waals surface area contributed by atoms with Gasteiger partial charge in [0.15, 0.2) is 0 Å². The molecule has 0 aromatic heterocycles. The third kappa shape index (κ3) is 2.44. The van der Waals surface area contributed by atoms with Crippen LogP contribution in [0.15, 0.2) is 18.2 Å². The summed E-state index contributed by atoms with van der Waals surface area (Å²) in [7, 11) is 0. The summed E-state index contributed by atoms with van der Waals surface area (Å²) in [5.74, 6) is 4.49. The van der Waals surface area contributed by atoms with E-state index in [9.17, 15) is 4.39 Å². The van der Waals surface area contributed by atoms with Crippen molar-refractivity contribution >= 4 is 11.6 Å². The van der Waals surface area contributed by atoms with Crippen molar-refractivity contribution in [2.75, 3.05) is 6.61 Å². The zero-order valence-electron chi connectivity index (χ0n) is 6.39. The van der Waals surface area contributed by atoms with Gasteiger partial charge in [0.25, 0.3) is 0 Å². The topological polar surface area (TPSA) is 35.2 Å². The fourth-order valence-electron chi connectivity index (χ4n) is 0.893. The molecule has 0 aliphatic rings. The average Bonchev–Trinajstić information content (AvgIpc) is 2.03. The summed E-state index contributed by atoms with van der Waals surface area (Å²) in [6.07, 6.45) is 0.458. The predicted molar refractivity (Wildman–Crippen MR) is 45.3 cm³/mol. The number of hydrogen-bond acceptors (Lipinski definition) is 2. The Morgan fingerprint density at radius 2 is 2.25 bits per heavy atom. The molecule has 0 heterocycles. The van der Waals surface area contributed by atoms with Crippen LogP contribution in [0.25, 0.3) is 0 Å². The summed E-state index contributed by atoms with van der Waals surface area (Å²) in [5, 5.41) is 0.393. The molecule has 2 nitrogen and oxygen atoms in total. The van der Waals surface area contributed by atoms with Crippen molar-refractivity contribution in [2.24, 2.45) is 5.90 Å². The predicted octanol–water partition coefficient (Wildman–Crippen LogP) is 1.91. The first-order valence-electron chi connectivity index (χ1n) is 3.49. The maximum Gasteiger partial charge on any atom is 0.127 e. The van der Waals surface area contributed by atoms with Crippen LogP contribution in [0.4, 0.5) is 4.39 Å². The number of nitrogens with two attached hydrogens (primary N) is 1. The van der Waals surface area contributed by atoms with Crippen molar-refractivity contribution in [3.8, 4) is 0 Å². The molecule has 0 bridgehead atoms. The van der Waals surface area contributed by atoms with E-state index in [2.05, 4.69) is 4.84 Å². The molecule has 2 N–H and O–H groups in total. The lowest BCUT2D eigenvalue weighted by Crippen LogP contribution is -2.04. The Labute approximate surface area is 75.0 Å². The van der Waals surface area contributed by atoms with Crippen LogP contribution in [0.1, 0.15) is 5.56 Å². The first-order chi connectivity index (χ1) is 5.74. The molecule has 0 spiro atoms. The van der Waals surface area contributed by atoms with Gasteiger partial charge in [-0.05, 0) is 17.7 Å². The average molecular weight is 190 g/mol. The molecule has 0 amide bonds. The van der Waals surface area contributed by atoms with E-state index in [-0.39, 0.29) is 5.82 Å². The minimum absolute atomic E-state index is 0.304. The van der Waals surface area contributed by atoms with E-state index in [0.717, 1.165) is 0 Å². The van der Waals surface area contributed by atoms with Crippen LogP contribution >= 0.6 is 11.6 Å². The van der Waals surface area contributed by atoms with Crippen LogP contribution in [0.5, 0.6) is 0 Å². The molecule has 0 unspecified atom stereocenters. The van der Waals surface area contributed by atoms with E-state index in [1.54, 1.807) is 12.1 Å². The fraction of sp³-hybridized carbons (Fsp3) is 0.250. The third-order valence-electron chi connectivity index (χ3n) is 1.50. The molecule has 66 valence electrons. The van der Waals surface area contributed by atoms with Crippen LogP contribution in [0.3, 0.4) is 0 Å². The second kappa shape index (κ2) is 4.40. The molecule has 0 saturated heterocycles. The van der Waals surface area contributed by atoms with E-state index < -0.39 is 0 Å². The minimum Gasteiger partial charge on any atom is -0.304 e. The Morgan fingerprint density at radius 3 is 2.83 bits per heavy atom. The highest BCUT2D eigenvalue weighted by Crippen LogP contribution is 2.14. The molecule has 0 aliphatic heterocycles. The van der Waals surface area contributed by atoms with E-state index in [1.165, 1.54) is 6.07 Å². The summed E-state index contributed by atoms with van der Waals surface area (Å²) in [6.45, 7) is 0.304. The van der Waals surface area contributed by atoms with Gasteiger partial charge in [0, 0.05) is 11.4 Å². The lowest BCUT2D eigenvalue weighted by Gasteiger charge is -2.01. The van der Waals surface area contributed by atoms with Gasteiger partial charge in [0.2, 0.25) is 0 Å². The molecule has 1 aromatic rings. The lowest BCUT2D eigenvalue weighted by molar-refractivity contribution is 0.140. The second-order valence-corrected chi connectivity index (χ2v) is 2.79. The number of benzene rings is 1. The van der Waals surface area contributed by atoms with Gasteiger partial charge in [0.1, 0.15) is 5.82 Å². The van der Waals surface area contributed by atoms with E-state index >= 15 is 0 Å². The molecule has 0 atom stereocenters. The van der Waals surface area contributed by atoms with Crippen LogP contribution in [0.2, 0.25) is 5.02 Å². The summed E-state index contributed by atoms with van der Waals surface area (Å²) in [6, 6.07) is 4.53. The quantitative estimate of drug-likeness (QED) is 0.738. The first-order valence-corrected chi connectivity index (χ1v) is 3.87. The van der Waals surface area contributed by atoms with Crippen LogP contribution < -0.4 is 5.90 Å². The van der Waals surface area contributed by atoms with Gasteiger partial charge in [-0.2, -0.15) is 0 Å². The molecule has 0 saturated carbocycles. The van der Waals surface area contributed by atoms with Crippen molar-refractivity contribution in [2.45, 2.75) is 6.42 Å². The molecule has 0 radical (unpaired) electrons. The Kier molecular flexibility index (Phi) is 3.47. The normalized spacial score (nSPS) is 10.2. The van der Waals surface area contributed by atoms with Crippen molar-refractivity contribution in [3.05, 3.63) is 34.6 Å². The Bertz CT molecular complexity index is 267. The van der Waals surface area contributed by atoms with Crippen molar-refractivity contribution < 1.29 is 9.23 Å². The summed E-state index contributed by atoms with van der Waals surface area (Å²) >= 11 is 5.56. The fourth-order valence-corrected chi connectivity index (χ4v) is 1.05. The summed E-state index contributed by atoms with van der Waals surface area (Å²) < 4.78 is 13.0. The maximum atomic E-state index is 13.0. The highest BCUT2D eigenvalue weighted by molar-refractivity contribution is 6.30. The van der Waals surface area contributed by atoms with Gasteiger partial charge >= 0.3 is 0 Å². The minimum atomic E-state index is -0.320. The van der Waals surface area contributed by atoms with Crippen molar-refractivity contribution in [3.63, 3.8) is 0 Å².